The van der Waals surface area contributed by atoms with Gasteiger partial charge in [0.2, 0.25) is 5.91 Å². The second-order valence-corrected chi connectivity index (χ2v) is 6.93. The Bertz CT molecular complexity index is 846. The van der Waals surface area contributed by atoms with Crippen molar-refractivity contribution >= 4 is 28.6 Å². The second kappa shape index (κ2) is 7.19. The van der Waals surface area contributed by atoms with Gasteiger partial charge < -0.3 is 5.32 Å². The number of aromatic nitrogens is 1. The molecule has 24 heavy (non-hydrogen) atoms. The highest BCUT2D eigenvalue weighted by atomic mass is 32.1. The quantitative estimate of drug-likeness (QED) is 0.721. The maximum Gasteiger partial charge on any atom is 0.226 e. The van der Waals surface area contributed by atoms with Gasteiger partial charge in [-0.1, -0.05) is 6.07 Å². The van der Waals surface area contributed by atoms with E-state index in [9.17, 15) is 13.6 Å². The summed E-state index contributed by atoms with van der Waals surface area (Å²) in [6.07, 6.45) is 0.147. The largest absolute Gasteiger partial charge is 0.349 e. The molecule has 1 unspecified atom stereocenters. The SMILES string of the molecule is CC(NC(=O)Cc1csc(-c2ccsc2)n1)c1ccc(F)c(F)c1. The van der Waals surface area contributed by atoms with Crippen LogP contribution in [0, 0.1) is 11.6 Å². The highest BCUT2D eigenvalue weighted by molar-refractivity contribution is 7.14. The van der Waals surface area contributed by atoms with E-state index >= 15 is 0 Å². The van der Waals surface area contributed by atoms with Gasteiger partial charge in [-0.3, -0.25) is 4.79 Å². The highest BCUT2D eigenvalue weighted by Gasteiger charge is 2.14. The van der Waals surface area contributed by atoms with Gasteiger partial charge in [0.25, 0.3) is 0 Å². The first-order valence-electron chi connectivity index (χ1n) is 7.24. The maximum atomic E-state index is 13.3. The normalized spacial score (nSPS) is 12.1. The fraction of sp³-hybridized carbons (Fsp3) is 0.176. The molecule has 0 aliphatic heterocycles. The number of nitrogens with zero attached hydrogens (tertiary/aromatic N) is 1. The number of carbonyl (C=O) groups excluding carboxylic acids is 1. The molecule has 7 heteroatoms. The van der Waals surface area contributed by atoms with Crippen molar-refractivity contribution in [3.63, 3.8) is 0 Å². The third-order valence-electron chi connectivity index (χ3n) is 3.48. The van der Waals surface area contributed by atoms with Crippen molar-refractivity contribution in [2.75, 3.05) is 0 Å². The lowest BCUT2D eigenvalue weighted by Crippen LogP contribution is -2.28. The fourth-order valence-corrected chi connectivity index (χ4v) is 3.76. The van der Waals surface area contributed by atoms with E-state index < -0.39 is 17.7 Å². The van der Waals surface area contributed by atoms with Crippen molar-refractivity contribution in [1.82, 2.24) is 10.3 Å². The minimum atomic E-state index is -0.923. The smallest absolute Gasteiger partial charge is 0.226 e. The minimum Gasteiger partial charge on any atom is -0.349 e. The fourth-order valence-electron chi connectivity index (χ4n) is 2.23. The monoisotopic (exact) mass is 364 g/mol. The molecule has 0 radical (unpaired) electrons. The predicted molar refractivity (Wildman–Crippen MR) is 92.0 cm³/mol. The molecule has 1 atom stereocenters. The van der Waals surface area contributed by atoms with Gasteiger partial charge >= 0.3 is 0 Å². The number of halogens is 2. The summed E-state index contributed by atoms with van der Waals surface area (Å²) in [5, 5.41) is 9.50. The number of hydrogen-bond acceptors (Lipinski definition) is 4. The van der Waals surface area contributed by atoms with Crippen LogP contribution in [0.25, 0.3) is 10.6 Å². The van der Waals surface area contributed by atoms with Gasteiger partial charge in [-0.15, -0.1) is 11.3 Å². The molecule has 2 aromatic heterocycles. The van der Waals surface area contributed by atoms with E-state index in [1.54, 1.807) is 18.3 Å². The number of nitrogens with one attached hydrogen (secondary N) is 1. The van der Waals surface area contributed by atoms with Crippen LogP contribution in [-0.2, 0) is 11.2 Å². The summed E-state index contributed by atoms with van der Waals surface area (Å²) in [6.45, 7) is 1.72. The third-order valence-corrected chi connectivity index (χ3v) is 5.11. The van der Waals surface area contributed by atoms with E-state index in [2.05, 4.69) is 10.3 Å². The molecule has 0 saturated carbocycles. The van der Waals surface area contributed by atoms with Crippen LogP contribution < -0.4 is 5.32 Å². The zero-order valence-electron chi connectivity index (χ0n) is 12.8. The number of thiazole rings is 1. The second-order valence-electron chi connectivity index (χ2n) is 5.30. The van der Waals surface area contributed by atoms with Gasteiger partial charge in [0, 0.05) is 16.3 Å². The van der Waals surface area contributed by atoms with E-state index in [-0.39, 0.29) is 12.3 Å². The number of carbonyl (C=O) groups is 1. The topological polar surface area (TPSA) is 42.0 Å². The molecule has 1 N–H and O–H groups in total. The van der Waals surface area contributed by atoms with Crippen LogP contribution in [0.3, 0.4) is 0 Å². The summed E-state index contributed by atoms with van der Waals surface area (Å²) in [5.41, 5.74) is 2.25. The van der Waals surface area contributed by atoms with Crippen LogP contribution in [0.2, 0.25) is 0 Å². The molecule has 0 spiro atoms. The van der Waals surface area contributed by atoms with E-state index in [0.717, 1.165) is 22.7 Å². The van der Waals surface area contributed by atoms with E-state index in [1.807, 2.05) is 22.2 Å². The summed E-state index contributed by atoms with van der Waals surface area (Å²) < 4.78 is 26.2. The Kier molecular flexibility index (Phi) is 5.01. The van der Waals surface area contributed by atoms with Crippen molar-refractivity contribution in [3.8, 4) is 10.6 Å². The molecule has 0 aliphatic rings. The summed E-state index contributed by atoms with van der Waals surface area (Å²) in [5.74, 6) is -2.04. The third kappa shape index (κ3) is 3.85. The minimum absolute atomic E-state index is 0.147. The van der Waals surface area contributed by atoms with Crippen molar-refractivity contribution in [2.45, 2.75) is 19.4 Å². The summed E-state index contributed by atoms with van der Waals surface area (Å²) in [4.78, 5) is 16.6. The van der Waals surface area contributed by atoms with Crippen LogP contribution in [0.15, 0.2) is 40.4 Å². The Balaban J connectivity index is 1.62. The molecule has 0 fully saturated rings. The van der Waals surface area contributed by atoms with Crippen LogP contribution in [0.5, 0.6) is 0 Å². The summed E-state index contributed by atoms with van der Waals surface area (Å²) in [7, 11) is 0. The number of benzene rings is 1. The van der Waals surface area contributed by atoms with Gasteiger partial charge in [0.05, 0.1) is 18.2 Å². The standard InChI is InChI=1S/C17H14F2N2OS2/c1-10(11-2-3-14(18)15(19)6-11)20-16(22)7-13-9-24-17(21-13)12-4-5-23-8-12/h2-6,8-10H,7H2,1H3,(H,20,22). The van der Waals surface area contributed by atoms with Crippen molar-refractivity contribution < 1.29 is 13.6 Å². The highest BCUT2D eigenvalue weighted by Crippen LogP contribution is 2.26. The summed E-state index contributed by atoms with van der Waals surface area (Å²) in [6, 6.07) is 5.18. The molecule has 0 bridgehead atoms. The van der Waals surface area contributed by atoms with Crippen LogP contribution in [0.4, 0.5) is 8.78 Å². The van der Waals surface area contributed by atoms with Crippen LogP contribution in [0.1, 0.15) is 24.2 Å². The number of hydrogen-bond donors (Lipinski definition) is 1. The first-order chi connectivity index (χ1) is 11.5. The van der Waals surface area contributed by atoms with Crippen molar-refractivity contribution in [2.24, 2.45) is 0 Å². The first kappa shape index (κ1) is 16.7. The molecule has 0 aliphatic carbocycles. The van der Waals surface area contributed by atoms with Gasteiger partial charge in [0.1, 0.15) is 5.01 Å². The predicted octanol–water partition coefficient (Wildman–Crippen LogP) is 4.57. The number of thiophene rings is 1. The van der Waals surface area contributed by atoms with E-state index in [4.69, 9.17) is 0 Å². The summed E-state index contributed by atoms with van der Waals surface area (Å²) >= 11 is 3.09. The van der Waals surface area contributed by atoms with Crippen molar-refractivity contribution in [3.05, 3.63) is 63.3 Å². The number of amides is 1. The molecule has 2 heterocycles. The average molecular weight is 364 g/mol. The Hall–Kier alpha value is -2.12. The molecule has 3 nitrogen and oxygen atoms in total. The van der Waals surface area contributed by atoms with Crippen LogP contribution in [-0.4, -0.2) is 10.9 Å². The molecule has 3 aromatic rings. The molecular weight excluding hydrogens is 350 g/mol. The van der Waals surface area contributed by atoms with Gasteiger partial charge in [0.15, 0.2) is 11.6 Å². The molecule has 0 saturated heterocycles. The Morgan fingerprint density at radius 3 is 2.79 bits per heavy atom. The maximum absolute atomic E-state index is 13.3. The lowest BCUT2D eigenvalue weighted by atomic mass is 10.1. The van der Waals surface area contributed by atoms with Gasteiger partial charge in [-0.2, -0.15) is 11.3 Å². The molecule has 3 rings (SSSR count). The Labute approximate surface area is 146 Å². The van der Waals surface area contributed by atoms with Crippen molar-refractivity contribution in [1.29, 1.82) is 0 Å². The lowest BCUT2D eigenvalue weighted by Gasteiger charge is -2.14. The molecule has 124 valence electrons. The van der Waals surface area contributed by atoms with Gasteiger partial charge in [-0.25, -0.2) is 13.8 Å². The first-order valence-corrected chi connectivity index (χ1v) is 9.06. The lowest BCUT2D eigenvalue weighted by molar-refractivity contribution is -0.121. The molecule has 1 aromatic carbocycles. The molecular formula is C17H14F2N2OS2. The average Bonchev–Trinajstić information content (AvgIpc) is 3.20. The van der Waals surface area contributed by atoms with E-state index in [0.29, 0.717) is 11.3 Å². The Morgan fingerprint density at radius 1 is 1.25 bits per heavy atom. The zero-order chi connectivity index (χ0) is 17.1. The van der Waals surface area contributed by atoms with E-state index in [1.165, 1.54) is 17.4 Å². The van der Waals surface area contributed by atoms with Gasteiger partial charge in [-0.05, 0) is 36.1 Å². The zero-order valence-corrected chi connectivity index (χ0v) is 14.4. The Morgan fingerprint density at radius 2 is 2.08 bits per heavy atom. The number of rotatable bonds is 5. The van der Waals surface area contributed by atoms with Crippen LogP contribution >= 0.6 is 22.7 Å². The molecule has 1 amide bonds.